The zero-order valence-electron chi connectivity index (χ0n) is 15.7. The Labute approximate surface area is 161 Å². The van der Waals surface area contributed by atoms with Gasteiger partial charge < -0.3 is 4.74 Å². The summed E-state index contributed by atoms with van der Waals surface area (Å²) in [6, 6.07) is 22.3. The van der Waals surface area contributed by atoms with Crippen LogP contribution in [0.1, 0.15) is 24.0 Å². The summed E-state index contributed by atoms with van der Waals surface area (Å²) in [7, 11) is 1.76. The monoisotopic (exact) mass is 356 g/mol. The van der Waals surface area contributed by atoms with E-state index >= 15 is 0 Å². The van der Waals surface area contributed by atoms with Gasteiger partial charge in [0.05, 0.1) is 6.07 Å². The van der Waals surface area contributed by atoms with Gasteiger partial charge in [0.2, 0.25) is 0 Å². The van der Waals surface area contributed by atoms with Crippen LogP contribution in [0.15, 0.2) is 60.7 Å². The summed E-state index contributed by atoms with van der Waals surface area (Å²) >= 11 is 0. The van der Waals surface area contributed by atoms with Crippen LogP contribution < -0.4 is 0 Å². The molecule has 3 aliphatic rings. The van der Waals surface area contributed by atoms with Gasteiger partial charge in [-0.05, 0) is 37.1 Å². The van der Waals surface area contributed by atoms with E-state index in [4.69, 9.17) is 4.74 Å². The number of ether oxygens (including phenoxy) is 1. The van der Waals surface area contributed by atoms with Crippen molar-refractivity contribution in [1.82, 2.24) is 4.90 Å². The van der Waals surface area contributed by atoms with Crippen LogP contribution in [0, 0.1) is 29.1 Å². The van der Waals surface area contributed by atoms with E-state index < -0.39 is 11.0 Å². The predicted octanol–water partition coefficient (Wildman–Crippen LogP) is 3.61. The maximum atomic E-state index is 10.3. The molecule has 2 bridgehead atoms. The van der Waals surface area contributed by atoms with Gasteiger partial charge >= 0.3 is 0 Å². The SMILES string of the molecule is COC1(C#CC(C#N)(c2ccccc2)c2ccccc2)CN2CCC1CC2. The van der Waals surface area contributed by atoms with Gasteiger partial charge in [-0.25, -0.2) is 0 Å². The van der Waals surface area contributed by atoms with E-state index in [1.807, 2.05) is 60.7 Å². The average molecular weight is 356 g/mol. The van der Waals surface area contributed by atoms with Crippen molar-refractivity contribution < 1.29 is 4.74 Å². The fraction of sp³-hybridized carbons (Fsp3) is 0.375. The van der Waals surface area contributed by atoms with E-state index in [1.165, 1.54) is 0 Å². The summed E-state index contributed by atoms with van der Waals surface area (Å²) in [6.07, 6.45) is 2.22. The fourth-order valence-corrected chi connectivity index (χ4v) is 4.49. The molecule has 3 saturated heterocycles. The molecule has 3 nitrogen and oxygen atoms in total. The van der Waals surface area contributed by atoms with Gasteiger partial charge in [-0.1, -0.05) is 72.5 Å². The number of nitrogens with zero attached hydrogens (tertiary/aromatic N) is 2. The van der Waals surface area contributed by atoms with Gasteiger partial charge in [-0.15, -0.1) is 0 Å². The lowest BCUT2D eigenvalue weighted by Crippen LogP contribution is -2.59. The van der Waals surface area contributed by atoms with Crippen LogP contribution in [-0.4, -0.2) is 37.2 Å². The predicted molar refractivity (Wildman–Crippen MR) is 106 cm³/mol. The highest BCUT2D eigenvalue weighted by Crippen LogP contribution is 2.39. The lowest BCUT2D eigenvalue weighted by atomic mass is 9.72. The Hall–Kier alpha value is -2.59. The van der Waals surface area contributed by atoms with Crippen LogP contribution in [0.3, 0.4) is 0 Å². The molecule has 27 heavy (non-hydrogen) atoms. The topological polar surface area (TPSA) is 36.3 Å². The van der Waals surface area contributed by atoms with Gasteiger partial charge in [0, 0.05) is 19.6 Å². The lowest BCUT2D eigenvalue weighted by Gasteiger charge is -2.49. The van der Waals surface area contributed by atoms with Gasteiger partial charge in [0.15, 0.2) is 5.41 Å². The molecule has 0 radical (unpaired) electrons. The Morgan fingerprint density at radius 2 is 1.56 bits per heavy atom. The number of hydrogen-bond donors (Lipinski definition) is 0. The second-order valence-corrected chi connectivity index (χ2v) is 7.49. The smallest absolute Gasteiger partial charge is 0.167 e. The fourth-order valence-electron chi connectivity index (χ4n) is 4.49. The van der Waals surface area contributed by atoms with Crippen LogP contribution in [0.4, 0.5) is 0 Å². The average Bonchev–Trinajstić information content (AvgIpc) is 2.77. The van der Waals surface area contributed by atoms with Crippen LogP contribution >= 0.6 is 0 Å². The van der Waals surface area contributed by atoms with Crippen molar-refractivity contribution in [2.75, 3.05) is 26.7 Å². The largest absolute Gasteiger partial charge is 0.364 e. The second kappa shape index (κ2) is 7.20. The number of hydrogen-bond acceptors (Lipinski definition) is 3. The van der Waals surface area contributed by atoms with Crippen LogP contribution in [0.2, 0.25) is 0 Å². The summed E-state index contributed by atoms with van der Waals surface area (Å²) < 4.78 is 6.00. The number of rotatable bonds is 3. The van der Waals surface area contributed by atoms with E-state index in [0.29, 0.717) is 5.92 Å². The Morgan fingerprint density at radius 3 is 1.96 bits per heavy atom. The van der Waals surface area contributed by atoms with Crippen LogP contribution in [-0.2, 0) is 10.2 Å². The Balaban J connectivity index is 1.84. The molecule has 0 N–H and O–H groups in total. The third-order valence-electron chi connectivity index (χ3n) is 6.11. The molecular weight excluding hydrogens is 332 g/mol. The normalized spacial score (nSPS) is 26.7. The van der Waals surface area contributed by atoms with Crippen molar-refractivity contribution in [1.29, 1.82) is 5.26 Å². The molecule has 2 aromatic carbocycles. The Bertz CT molecular complexity index is 843. The van der Waals surface area contributed by atoms with Crippen molar-refractivity contribution in [3.8, 4) is 17.9 Å². The zero-order chi connectivity index (χ0) is 18.7. The molecule has 2 aromatic rings. The maximum Gasteiger partial charge on any atom is 0.167 e. The highest BCUT2D eigenvalue weighted by atomic mass is 16.5. The molecule has 5 rings (SSSR count). The molecule has 3 fully saturated rings. The molecule has 3 heteroatoms. The molecule has 1 unspecified atom stereocenters. The third kappa shape index (κ3) is 3.04. The van der Waals surface area contributed by atoms with Crippen molar-refractivity contribution in [2.45, 2.75) is 23.9 Å². The first-order chi connectivity index (χ1) is 13.2. The highest BCUT2D eigenvalue weighted by Gasteiger charge is 2.46. The number of fused-ring (bicyclic) bond motifs is 3. The minimum atomic E-state index is -1.000. The standard InChI is InChI=1S/C24H24N2O/c1-27-24(19-26-16-12-22(24)13-17-26)15-14-23(18-25,20-8-4-2-5-9-20)21-10-6-3-7-11-21/h2-11,22H,12-13,16-17,19H2,1H3. The molecule has 0 spiro atoms. The van der Waals surface area contributed by atoms with E-state index in [2.05, 4.69) is 22.8 Å². The Kier molecular flexibility index (Phi) is 4.75. The van der Waals surface area contributed by atoms with Crippen molar-refractivity contribution in [3.05, 3.63) is 71.8 Å². The van der Waals surface area contributed by atoms with Crippen molar-refractivity contribution in [2.24, 2.45) is 5.92 Å². The first-order valence-electron chi connectivity index (χ1n) is 9.56. The molecule has 0 amide bonds. The molecule has 1 atom stereocenters. The van der Waals surface area contributed by atoms with E-state index in [0.717, 1.165) is 43.6 Å². The highest BCUT2D eigenvalue weighted by molar-refractivity contribution is 5.55. The van der Waals surface area contributed by atoms with Crippen LogP contribution in [0.25, 0.3) is 0 Å². The lowest BCUT2D eigenvalue weighted by molar-refractivity contribution is -0.0962. The van der Waals surface area contributed by atoms with Gasteiger partial charge in [-0.2, -0.15) is 5.26 Å². The number of methoxy groups -OCH3 is 1. The number of nitriles is 1. The zero-order valence-corrected chi connectivity index (χ0v) is 15.7. The van der Waals surface area contributed by atoms with Crippen molar-refractivity contribution in [3.63, 3.8) is 0 Å². The Morgan fingerprint density at radius 1 is 1.00 bits per heavy atom. The van der Waals surface area contributed by atoms with Crippen LogP contribution in [0.5, 0.6) is 0 Å². The summed E-state index contributed by atoms with van der Waals surface area (Å²) in [5, 5.41) is 10.3. The first kappa shape index (κ1) is 17.8. The van der Waals surface area contributed by atoms with Gasteiger partial charge in [0.25, 0.3) is 0 Å². The summed E-state index contributed by atoms with van der Waals surface area (Å²) in [6.45, 7) is 3.07. The summed E-state index contributed by atoms with van der Waals surface area (Å²) in [4.78, 5) is 2.43. The second-order valence-electron chi connectivity index (χ2n) is 7.49. The minimum Gasteiger partial charge on any atom is -0.364 e. The van der Waals surface area contributed by atoms with Gasteiger partial charge in [0.1, 0.15) is 5.60 Å². The molecule has 0 aromatic heterocycles. The first-order valence-corrected chi connectivity index (χ1v) is 9.56. The third-order valence-corrected chi connectivity index (χ3v) is 6.11. The quantitative estimate of drug-likeness (QED) is 0.788. The molecule has 3 aliphatic heterocycles. The van der Waals surface area contributed by atoms with Gasteiger partial charge in [-0.3, -0.25) is 4.90 Å². The minimum absolute atomic E-state index is 0.433. The summed E-state index contributed by atoms with van der Waals surface area (Å²) in [5.74, 6) is 7.30. The molecule has 0 aliphatic carbocycles. The number of piperidine rings is 3. The molecule has 136 valence electrons. The molecule has 0 saturated carbocycles. The molecular formula is C24H24N2O. The van der Waals surface area contributed by atoms with Crippen molar-refractivity contribution >= 4 is 0 Å². The molecule has 3 heterocycles. The van der Waals surface area contributed by atoms with E-state index in [-0.39, 0.29) is 0 Å². The summed E-state index contributed by atoms with van der Waals surface area (Å²) in [5.41, 5.74) is 0.319. The number of benzene rings is 2. The maximum absolute atomic E-state index is 10.3. The van der Waals surface area contributed by atoms with E-state index in [1.54, 1.807) is 7.11 Å². The van der Waals surface area contributed by atoms with E-state index in [9.17, 15) is 5.26 Å².